The molecule has 0 bridgehead atoms. The summed E-state index contributed by atoms with van der Waals surface area (Å²) in [5.74, 6) is -0.0760. The van der Waals surface area contributed by atoms with E-state index >= 15 is 0 Å². The van der Waals surface area contributed by atoms with Crippen molar-refractivity contribution in [1.82, 2.24) is 15.2 Å². The molecular formula is C22H28N4O2. The minimum Gasteiger partial charge on any atom is -0.354 e. The number of piperidine rings is 1. The molecule has 28 heavy (non-hydrogen) atoms. The summed E-state index contributed by atoms with van der Waals surface area (Å²) in [7, 11) is 0. The molecule has 0 saturated carbocycles. The number of likely N-dealkylation sites (tertiary alicyclic amines) is 1. The molecule has 148 valence electrons. The zero-order valence-electron chi connectivity index (χ0n) is 16.4. The van der Waals surface area contributed by atoms with Gasteiger partial charge in [-0.1, -0.05) is 30.3 Å². The molecule has 1 aromatic carbocycles. The fourth-order valence-corrected chi connectivity index (χ4v) is 3.64. The van der Waals surface area contributed by atoms with Crippen molar-refractivity contribution < 1.29 is 9.59 Å². The fraction of sp³-hybridized carbons (Fsp3) is 0.409. The lowest BCUT2D eigenvalue weighted by Gasteiger charge is -2.36. The highest BCUT2D eigenvalue weighted by Gasteiger charge is 2.28. The number of aryl methyl sites for hydroxylation is 1. The first-order chi connectivity index (χ1) is 13.6. The van der Waals surface area contributed by atoms with Crippen LogP contribution in [0.15, 0.2) is 42.5 Å². The van der Waals surface area contributed by atoms with Crippen molar-refractivity contribution in [2.75, 3.05) is 19.6 Å². The summed E-state index contributed by atoms with van der Waals surface area (Å²) in [5.41, 5.74) is 8.67. The molecule has 1 atom stereocenters. The zero-order chi connectivity index (χ0) is 19.9. The van der Waals surface area contributed by atoms with E-state index in [0.29, 0.717) is 31.6 Å². The summed E-state index contributed by atoms with van der Waals surface area (Å²) in [4.78, 5) is 31.5. The monoisotopic (exact) mass is 380 g/mol. The van der Waals surface area contributed by atoms with Crippen LogP contribution in [0.2, 0.25) is 0 Å². The molecular weight excluding hydrogens is 352 g/mol. The lowest BCUT2D eigenvalue weighted by atomic mass is 10.00. The van der Waals surface area contributed by atoms with E-state index in [4.69, 9.17) is 5.73 Å². The molecule has 0 radical (unpaired) electrons. The Balaban J connectivity index is 1.74. The standard InChI is InChI=1S/C22H28N4O2/c1-16-19(10-11-20(25-16)17-7-3-2-4-8-17)22(28)26-14-6-5-9-18(26)15-24-21(27)12-13-23/h2-4,7-8,10-11,18H,5-6,9,12-15,23H2,1H3,(H,24,27). The van der Waals surface area contributed by atoms with Gasteiger partial charge in [0, 0.05) is 37.7 Å². The third-order valence-electron chi connectivity index (χ3n) is 5.18. The second-order valence-electron chi connectivity index (χ2n) is 7.19. The van der Waals surface area contributed by atoms with Crippen LogP contribution in [0.4, 0.5) is 0 Å². The average molecular weight is 380 g/mol. The van der Waals surface area contributed by atoms with Gasteiger partial charge in [-0.15, -0.1) is 0 Å². The van der Waals surface area contributed by atoms with Gasteiger partial charge in [-0.2, -0.15) is 0 Å². The number of nitrogens with two attached hydrogens (primary N) is 1. The maximum absolute atomic E-state index is 13.2. The Morgan fingerprint density at radius 2 is 1.96 bits per heavy atom. The molecule has 6 nitrogen and oxygen atoms in total. The van der Waals surface area contributed by atoms with Crippen molar-refractivity contribution in [3.63, 3.8) is 0 Å². The first-order valence-electron chi connectivity index (χ1n) is 9.91. The number of nitrogens with zero attached hydrogens (tertiary/aromatic N) is 2. The van der Waals surface area contributed by atoms with Crippen LogP contribution in [0.25, 0.3) is 11.3 Å². The predicted molar refractivity (Wildman–Crippen MR) is 110 cm³/mol. The number of rotatable bonds is 6. The molecule has 1 aromatic heterocycles. The van der Waals surface area contributed by atoms with Crippen molar-refractivity contribution in [3.05, 3.63) is 53.7 Å². The summed E-state index contributed by atoms with van der Waals surface area (Å²) >= 11 is 0. The molecule has 3 rings (SSSR count). The molecule has 2 heterocycles. The highest BCUT2D eigenvalue weighted by molar-refractivity contribution is 5.96. The number of carbonyl (C=O) groups is 2. The molecule has 1 aliphatic rings. The maximum atomic E-state index is 13.2. The fourth-order valence-electron chi connectivity index (χ4n) is 3.64. The number of aromatic nitrogens is 1. The molecule has 1 unspecified atom stereocenters. The third kappa shape index (κ3) is 4.75. The Hall–Kier alpha value is -2.73. The molecule has 6 heteroatoms. The smallest absolute Gasteiger partial charge is 0.256 e. The SMILES string of the molecule is Cc1nc(-c2ccccc2)ccc1C(=O)N1CCCCC1CNC(=O)CCN. The second-order valence-corrected chi connectivity index (χ2v) is 7.19. The van der Waals surface area contributed by atoms with Crippen molar-refractivity contribution in [2.24, 2.45) is 5.73 Å². The Morgan fingerprint density at radius 3 is 2.68 bits per heavy atom. The first kappa shape index (κ1) is 20.0. The van der Waals surface area contributed by atoms with E-state index in [0.717, 1.165) is 36.2 Å². The van der Waals surface area contributed by atoms with Gasteiger partial charge in [0.25, 0.3) is 5.91 Å². The molecule has 3 N–H and O–H groups in total. The Bertz CT molecular complexity index is 823. The lowest BCUT2D eigenvalue weighted by Crippen LogP contribution is -2.49. The highest BCUT2D eigenvalue weighted by atomic mass is 16.2. The largest absolute Gasteiger partial charge is 0.354 e. The van der Waals surface area contributed by atoms with Crippen LogP contribution in [0.3, 0.4) is 0 Å². The van der Waals surface area contributed by atoms with E-state index in [-0.39, 0.29) is 17.9 Å². The summed E-state index contributed by atoms with van der Waals surface area (Å²) < 4.78 is 0. The van der Waals surface area contributed by atoms with Gasteiger partial charge in [0.2, 0.25) is 5.91 Å². The van der Waals surface area contributed by atoms with Gasteiger partial charge in [0.05, 0.1) is 17.0 Å². The number of carbonyl (C=O) groups excluding carboxylic acids is 2. The van der Waals surface area contributed by atoms with E-state index < -0.39 is 0 Å². The van der Waals surface area contributed by atoms with E-state index in [1.807, 2.05) is 54.3 Å². The molecule has 0 spiro atoms. The molecule has 0 aliphatic carbocycles. The van der Waals surface area contributed by atoms with Crippen molar-refractivity contribution in [2.45, 2.75) is 38.6 Å². The molecule has 1 fully saturated rings. The quantitative estimate of drug-likeness (QED) is 0.806. The summed E-state index contributed by atoms with van der Waals surface area (Å²) in [6.45, 7) is 3.38. The van der Waals surface area contributed by atoms with Crippen molar-refractivity contribution >= 4 is 11.8 Å². The van der Waals surface area contributed by atoms with E-state index in [1.54, 1.807) is 0 Å². The first-order valence-corrected chi connectivity index (χ1v) is 9.91. The highest BCUT2D eigenvalue weighted by Crippen LogP contribution is 2.23. The maximum Gasteiger partial charge on any atom is 0.256 e. The second kappa shape index (κ2) is 9.46. The van der Waals surface area contributed by atoms with Crippen LogP contribution in [-0.4, -0.2) is 47.4 Å². The normalized spacial score (nSPS) is 16.6. The number of hydrogen-bond donors (Lipinski definition) is 2. The van der Waals surface area contributed by atoms with Gasteiger partial charge in [-0.05, 0) is 38.3 Å². The Kier molecular flexibility index (Phi) is 6.76. The molecule has 1 aliphatic heterocycles. The number of benzene rings is 1. The Labute approximate surface area is 166 Å². The minimum atomic E-state index is -0.0643. The van der Waals surface area contributed by atoms with E-state index in [1.165, 1.54) is 0 Å². The van der Waals surface area contributed by atoms with Gasteiger partial charge >= 0.3 is 0 Å². The van der Waals surface area contributed by atoms with Gasteiger partial charge in [-0.3, -0.25) is 14.6 Å². The van der Waals surface area contributed by atoms with E-state index in [9.17, 15) is 9.59 Å². The number of hydrogen-bond acceptors (Lipinski definition) is 4. The van der Waals surface area contributed by atoms with Crippen LogP contribution in [0.5, 0.6) is 0 Å². The third-order valence-corrected chi connectivity index (χ3v) is 5.18. The van der Waals surface area contributed by atoms with Gasteiger partial charge in [0.15, 0.2) is 0 Å². The topological polar surface area (TPSA) is 88.3 Å². The molecule has 1 saturated heterocycles. The minimum absolute atomic E-state index is 0.0103. The van der Waals surface area contributed by atoms with Crippen molar-refractivity contribution in [1.29, 1.82) is 0 Å². The summed E-state index contributed by atoms with van der Waals surface area (Å²) in [6.07, 6.45) is 3.24. The van der Waals surface area contributed by atoms with Gasteiger partial charge in [0.1, 0.15) is 0 Å². The van der Waals surface area contributed by atoms with E-state index in [2.05, 4.69) is 10.3 Å². The van der Waals surface area contributed by atoms with Crippen LogP contribution < -0.4 is 11.1 Å². The molecule has 2 amide bonds. The number of nitrogens with one attached hydrogen (secondary N) is 1. The Morgan fingerprint density at radius 1 is 1.18 bits per heavy atom. The lowest BCUT2D eigenvalue weighted by molar-refractivity contribution is -0.121. The van der Waals surface area contributed by atoms with Crippen LogP contribution >= 0.6 is 0 Å². The van der Waals surface area contributed by atoms with Crippen LogP contribution in [0.1, 0.15) is 41.7 Å². The number of amides is 2. The summed E-state index contributed by atoms with van der Waals surface area (Å²) in [6, 6.07) is 13.7. The van der Waals surface area contributed by atoms with Crippen LogP contribution in [-0.2, 0) is 4.79 Å². The van der Waals surface area contributed by atoms with Gasteiger partial charge in [-0.25, -0.2) is 0 Å². The molecule has 2 aromatic rings. The average Bonchev–Trinajstić information content (AvgIpc) is 2.73. The van der Waals surface area contributed by atoms with Crippen LogP contribution in [0, 0.1) is 6.92 Å². The predicted octanol–water partition coefficient (Wildman–Crippen LogP) is 2.52. The summed E-state index contributed by atoms with van der Waals surface area (Å²) in [5, 5.41) is 2.91. The zero-order valence-corrected chi connectivity index (χ0v) is 16.4. The van der Waals surface area contributed by atoms with Crippen molar-refractivity contribution in [3.8, 4) is 11.3 Å². The number of pyridine rings is 1. The van der Waals surface area contributed by atoms with Gasteiger partial charge < -0.3 is 16.0 Å².